The van der Waals surface area contributed by atoms with Gasteiger partial charge < -0.3 is 5.32 Å². The summed E-state index contributed by atoms with van der Waals surface area (Å²) in [5.74, 6) is 0.529. The van der Waals surface area contributed by atoms with Crippen molar-refractivity contribution in [3.8, 4) is 0 Å². The zero-order valence-electron chi connectivity index (χ0n) is 11.9. The second-order valence-corrected chi connectivity index (χ2v) is 8.03. The van der Waals surface area contributed by atoms with Crippen LogP contribution in [0.1, 0.15) is 20.3 Å². The van der Waals surface area contributed by atoms with E-state index in [1.165, 1.54) is 18.3 Å². The largest absolute Gasteiger partial charge is 0.370 e. The Morgan fingerprint density at radius 1 is 1.45 bits per heavy atom. The van der Waals surface area contributed by atoms with Crippen LogP contribution < -0.4 is 10.0 Å². The lowest BCUT2D eigenvalue weighted by molar-refractivity contribution is 0.580. The van der Waals surface area contributed by atoms with Crippen LogP contribution in [-0.2, 0) is 20.8 Å². The quantitative estimate of drug-likeness (QED) is 0.745. The van der Waals surface area contributed by atoms with Gasteiger partial charge >= 0.3 is 0 Å². The number of anilines is 1. The van der Waals surface area contributed by atoms with Crippen molar-refractivity contribution in [2.75, 3.05) is 24.7 Å². The van der Waals surface area contributed by atoms with Crippen molar-refractivity contribution < 1.29 is 12.6 Å². The zero-order valence-corrected chi connectivity index (χ0v) is 13.6. The fourth-order valence-corrected chi connectivity index (χ4v) is 2.92. The van der Waals surface area contributed by atoms with Crippen molar-refractivity contribution >= 4 is 26.6 Å². The van der Waals surface area contributed by atoms with Crippen LogP contribution in [0.3, 0.4) is 0 Å². The second-order valence-electron chi connectivity index (χ2n) is 4.46. The fourth-order valence-electron chi connectivity index (χ4n) is 1.36. The van der Waals surface area contributed by atoms with Crippen LogP contribution >= 0.6 is 0 Å². The average molecular weight is 319 g/mol. The second kappa shape index (κ2) is 7.70. The number of hydrogen-bond acceptors (Lipinski definition) is 5. The van der Waals surface area contributed by atoms with Gasteiger partial charge in [-0.25, -0.2) is 18.1 Å². The first-order chi connectivity index (χ1) is 9.36. The first-order valence-corrected chi connectivity index (χ1v) is 9.49. The van der Waals surface area contributed by atoms with Crippen LogP contribution in [0.2, 0.25) is 0 Å². The first kappa shape index (κ1) is 17.1. The summed E-state index contributed by atoms with van der Waals surface area (Å²) in [5, 5.41) is 2.81. The summed E-state index contributed by atoms with van der Waals surface area (Å²) in [5.41, 5.74) is 0. The predicted molar refractivity (Wildman–Crippen MR) is 81.7 cm³/mol. The number of nitrogens with zero attached hydrogens (tertiary/aromatic N) is 1. The fraction of sp³-hybridized carbons (Fsp3) is 0.583. The molecule has 0 aromatic carbocycles. The Hall–Kier alpha value is -0.990. The highest BCUT2D eigenvalue weighted by molar-refractivity contribution is 7.89. The van der Waals surface area contributed by atoms with Gasteiger partial charge in [-0.2, -0.15) is 0 Å². The Balaban J connectivity index is 2.79. The van der Waals surface area contributed by atoms with Crippen molar-refractivity contribution in [1.82, 2.24) is 9.71 Å². The van der Waals surface area contributed by atoms with Gasteiger partial charge in [0.1, 0.15) is 5.82 Å². The van der Waals surface area contributed by atoms with Crippen molar-refractivity contribution in [2.24, 2.45) is 0 Å². The van der Waals surface area contributed by atoms with E-state index >= 15 is 0 Å². The maximum atomic E-state index is 12.1. The van der Waals surface area contributed by atoms with Crippen molar-refractivity contribution in [3.63, 3.8) is 0 Å². The third-order valence-electron chi connectivity index (χ3n) is 2.73. The smallest absolute Gasteiger partial charge is 0.240 e. The zero-order chi connectivity index (χ0) is 15.2. The summed E-state index contributed by atoms with van der Waals surface area (Å²) >= 11 is 0. The van der Waals surface area contributed by atoms with E-state index in [-0.39, 0.29) is 16.7 Å². The number of nitrogens with one attached hydrogen (secondary N) is 2. The maximum Gasteiger partial charge on any atom is 0.240 e. The number of aromatic nitrogens is 1. The maximum absolute atomic E-state index is 12.1. The molecule has 0 fully saturated rings. The molecule has 0 aliphatic heterocycles. The summed E-state index contributed by atoms with van der Waals surface area (Å²) in [6.07, 6.45) is 3.93. The molecular weight excluding hydrogens is 298 g/mol. The van der Waals surface area contributed by atoms with Crippen LogP contribution in [-0.4, -0.2) is 42.2 Å². The monoisotopic (exact) mass is 319 g/mol. The van der Waals surface area contributed by atoms with E-state index in [0.717, 1.165) is 13.0 Å². The molecule has 2 atom stereocenters. The highest BCUT2D eigenvalue weighted by Crippen LogP contribution is 2.12. The van der Waals surface area contributed by atoms with Gasteiger partial charge in [-0.3, -0.25) is 4.21 Å². The van der Waals surface area contributed by atoms with Gasteiger partial charge in [-0.05, 0) is 19.4 Å². The van der Waals surface area contributed by atoms with Gasteiger partial charge in [0.05, 0.1) is 4.90 Å². The predicted octanol–water partition coefficient (Wildman–Crippen LogP) is 0.949. The third-order valence-corrected chi connectivity index (χ3v) is 5.45. The molecule has 2 unspecified atom stereocenters. The lowest BCUT2D eigenvalue weighted by Gasteiger charge is -2.11. The molecule has 6 nitrogen and oxygen atoms in total. The molecular formula is C12H21N3O3S2. The van der Waals surface area contributed by atoms with Gasteiger partial charge in [0, 0.05) is 47.7 Å². The molecule has 0 aliphatic carbocycles. The molecule has 0 aliphatic rings. The van der Waals surface area contributed by atoms with E-state index in [9.17, 15) is 12.6 Å². The summed E-state index contributed by atoms with van der Waals surface area (Å²) in [7, 11) is -4.66. The van der Waals surface area contributed by atoms with Gasteiger partial charge in [-0.1, -0.05) is 6.92 Å². The van der Waals surface area contributed by atoms with E-state index < -0.39 is 20.8 Å². The molecule has 0 amide bonds. The molecule has 114 valence electrons. The highest BCUT2D eigenvalue weighted by Gasteiger charge is 2.17. The van der Waals surface area contributed by atoms with Gasteiger partial charge in [0.25, 0.3) is 0 Å². The molecule has 1 rings (SSSR count). The first-order valence-electron chi connectivity index (χ1n) is 6.38. The molecule has 0 radical (unpaired) electrons. The van der Waals surface area contributed by atoms with Crippen molar-refractivity contribution in [1.29, 1.82) is 0 Å². The molecule has 2 N–H and O–H groups in total. The molecule has 20 heavy (non-hydrogen) atoms. The normalized spacial score (nSPS) is 14.8. The van der Waals surface area contributed by atoms with Crippen molar-refractivity contribution in [3.05, 3.63) is 18.3 Å². The highest BCUT2D eigenvalue weighted by atomic mass is 32.2. The minimum absolute atomic E-state index is 0.144. The standard InChI is InChI=1S/C12H21N3O3S2/c1-4-6-13-12-8-11(5-7-14-12)20(17,18)15-9-10(2)19(3)16/h5,7-8,10,15H,4,6,9H2,1-3H3,(H,13,14). The summed E-state index contributed by atoms with van der Waals surface area (Å²) < 4.78 is 37.9. The Morgan fingerprint density at radius 2 is 2.15 bits per heavy atom. The average Bonchev–Trinajstić information content (AvgIpc) is 2.42. The van der Waals surface area contributed by atoms with Crippen molar-refractivity contribution in [2.45, 2.75) is 30.4 Å². The van der Waals surface area contributed by atoms with E-state index in [0.29, 0.717) is 5.82 Å². The summed E-state index contributed by atoms with van der Waals surface area (Å²) in [6, 6.07) is 2.93. The van der Waals surface area contributed by atoms with Gasteiger partial charge in [0.2, 0.25) is 10.0 Å². The Bertz CT molecular complexity index is 561. The molecule has 0 spiro atoms. The molecule has 0 saturated carbocycles. The Morgan fingerprint density at radius 3 is 2.75 bits per heavy atom. The van der Waals surface area contributed by atoms with Crippen LogP contribution in [0.15, 0.2) is 23.2 Å². The number of sulfonamides is 1. The van der Waals surface area contributed by atoms with E-state index in [4.69, 9.17) is 0 Å². The lowest BCUT2D eigenvalue weighted by atomic mass is 10.4. The summed E-state index contributed by atoms with van der Waals surface area (Å²) in [4.78, 5) is 4.21. The van der Waals surface area contributed by atoms with Crippen LogP contribution in [0.5, 0.6) is 0 Å². The van der Waals surface area contributed by atoms with E-state index in [2.05, 4.69) is 15.0 Å². The van der Waals surface area contributed by atoms with E-state index in [1.54, 1.807) is 13.2 Å². The molecule has 1 aromatic rings. The Labute approximate surface area is 122 Å². The summed E-state index contributed by atoms with van der Waals surface area (Å²) in [6.45, 7) is 4.63. The number of pyridine rings is 1. The number of rotatable bonds is 8. The van der Waals surface area contributed by atoms with Crippen LogP contribution in [0, 0.1) is 0 Å². The van der Waals surface area contributed by atoms with E-state index in [1.807, 2.05) is 6.92 Å². The van der Waals surface area contributed by atoms with Gasteiger partial charge in [-0.15, -0.1) is 0 Å². The minimum atomic E-state index is -3.60. The molecule has 0 saturated heterocycles. The molecule has 1 heterocycles. The van der Waals surface area contributed by atoms with Crippen LogP contribution in [0.4, 0.5) is 5.82 Å². The van der Waals surface area contributed by atoms with Crippen LogP contribution in [0.25, 0.3) is 0 Å². The third kappa shape index (κ3) is 5.18. The Kier molecular flexibility index (Phi) is 6.57. The molecule has 1 aromatic heterocycles. The lowest BCUT2D eigenvalue weighted by Crippen LogP contribution is -2.32. The number of hydrogen-bond donors (Lipinski definition) is 2. The molecule has 8 heteroatoms. The topological polar surface area (TPSA) is 88.2 Å². The minimum Gasteiger partial charge on any atom is -0.370 e. The molecule has 0 bridgehead atoms. The SMILES string of the molecule is CCCNc1cc(S(=O)(=O)NCC(C)S(C)=O)ccn1. The van der Waals surface area contributed by atoms with Gasteiger partial charge in [0.15, 0.2) is 0 Å².